The fraction of sp³-hybridized carbons (Fsp3) is 0.407. The van der Waals surface area contributed by atoms with E-state index in [-0.39, 0.29) is 11.8 Å². The van der Waals surface area contributed by atoms with Crippen LogP contribution in [0.5, 0.6) is 0 Å². The summed E-state index contributed by atoms with van der Waals surface area (Å²) in [7, 11) is 0. The van der Waals surface area contributed by atoms with E-state index in [1.165, 1.54) is 11.1 Å². The monoisotopic (exact) mass is 455 g/mol. The Hall–Kier alpha value is -3.48. The van der Waals surface area contributed by atoms with Gasteiger partial charge in [0.1, 0.15) is 12.1 Å². The summed E-state index contributed by atoms with van der Waals surface area (Å²) in [5.74, 6) is 1.21. The SMILES string of the molecule is Cc1cc(N2CCCC2=O)cc2c(N3CCc4ccc(C(=O)N5CCCC5)cc4C3)ncnc12. The van der Waals surface area contributed by atoms with Crippen molar-refractivity contribution in [2.75, 3.05) is 36.0 Å². The molecule has 0 radical (unpaired) electrons. The highest BCUT2D eigenvalue weighted by Crippen LogP contribution is 2.34. The van der Waals surface area contributed by atoms with Gasteiger partial charge in [-0.05, 0) is 73.6 Å². The molecule has 0 unspecified atom stereocenters. The van der Waals surface area contributed by atoms with Crippen LogP contribution in [0, 0.1) is 6.92 Å². The van der Waals surface area contributed by atoms with E-state index in [1.54, 1.807) is 6.33 Å². The van der Waals surface area contributed by atoms with Crippen LogP contribution in [0.2, 0.25) is 0 Å². The summed E-state index contributed by atoms with van der Waals surface area (Å²) in [5, 5.41) is 0.977. The summed E-state index contributed by atoms with van der Waals surface area (Å²) in [6.07, 6.45) is 6.23. The third-order valence-electron chi connectivity index (χ3n) is 7.44. The van der Waals surface area contributed by atoms with Crippen LogP contribution in [-0.2, 0) is 17.8 Å². The molecule has 7 nitrogen and oxygen atoms in total. The van der Waals surface area contributed by atoms with Gasteiger partial charge in [-0.2, -0.15) is 0 Å². The maximum atomic E-state index is 12.9. The van der Waals surface area contributed by atoms with Gasteiger partial charge in [-0.3, -0.25) is 9.59 Å². The van der Waals surface area contributed by atoms with Crippen molar-refractivity contribution in [1.29, 1.82) is 0 Å². The Bertz CT molecular complexity index is 1300. The minimum absolute atomic E-state index is 0.139. The fourth-order valence-electron chi connectivity index (χ4n) is 5.62. The van der Waals surface area contributed by atoms with Crippen LogP contribution in [0.25, 0.3) is 10.9 Å². The van der Waals surface area contributed by atoms with Gasteiger partial charge in [0.2, 0.25) is 5.91 Å². The summed E-state index contributed by atoms with van der Waals surface area (Å²) in [6.45, 7) is 6.08. The number of nitrogens with zero attached hydrogens (tertiary/aromatic N) is 5. The molecule has 0 saturated carbocycles. The topological polar surface area (TPSA) is 69.6 Å². The average molecular weight is 456 g/mol. The molecule has 3 aromatic rings. The number of likely N-dealkylation sites (tertiary alicyclic amines) is 1. The molecule has 2 saturated heterocycles. The zero-order valence-corrected chi connectivity index (χ0v) is 19.6. The molecule has 0 spiro atoms. The van der Waals surface area contributed by atoms with Crippen LogP contribution < -0.4 is 9.80 Å². The maximum absolute atomic E-state index is 12.9. The molecule has 4 heterocycles. The lowest BCUT2D eigenvalue weighted by atomic mass is 9.96. The maximum Gasteiger partial charge on any atom is 0.253 e. The Labute approximate surface area is 199 Å². The van der Waals surface area contributed by atoms with Crippen molar-refractivity contribution in [3.05, 3.63) is 58.9 Å². The molecule has 0 aliphatic carbocycles. The van der Waals surface area contributed by atoms with E-state index >= 15 is 0 Å². The number of aryl methyl sites for hydroxylation is 1. The molecule has 0 N–H and O–H groups in total. The van der Waals surface area contributed by atoms with Crippen LogP contribution in [-0.4, -0.2) is 52.9 Å². The molecule has 0 bridgehead atoms. The first-order valence-electron chi connectivity index (χ1n) is 12.3. The number of carbonyl (C=O) groups excluding carboxylic acids is 2. The van der Waals surface area contributed by atoms with Gasteiger partial charge in [0.25, 0.3) is 5.91 Å². The molecule has 2 amide bonds. The number of anilines is 2. The highest BCUT2D eigenvalue weighted by atomic mass is 16.2. The number of carbonyl (C=O) groups is 2. The third-order valence-corrected chi connectivity index (χ3v) is 7.44. The molecule has 34 heavy (non-hydrogen) atoms. The molecular formula is C27H29N5O2. The minimum Gasteiger partial charge on any atom is -0.351 e. The predicted octanol–water partition coefficient (Wildman–Crippen LogP) is 3.86. The van der Waals surface area contributed by atoms with Crippen molar-refractivity contribution in [1.82, 2.24) is 14.9 Å². The molecule has 2 fully saturated rings. The molecule has 1 aromatic heterocycles. The quantitative estimate of drug-likeness (QED) is 0.600. The van der Waals surface area contributed by atoms with E-state index in [4.69, 9.17) is 0 Å². The van der Waals surface area contributed by atoms with Crippen molar-refractivity contribution in [3.8, 4) is 0 Å². The van der Waals surface area contributed by atoms with Gasteiger partial charge in [-0.1, -0.05) is 6.07 Å². The minimum atomic E-state index is 0.139. The number of aromatic nitrogens is 2. The van der Waals surface area contributed by atoms with E-state index in [0.717, 1.165) is 85.4 Å². The smallest absolute Gasteiger partial charge is 0.253 e. The van der Waals surface area contributed by atoms with Gasteiger partial charge >= 0.3 is 0 Å². The molecule has 2 aromatic carbocycles. The molecule has 3 aliphatic heterocycles. The normalized spacial score (nSPS) is 18.1. The number of amides is 2. The standard InChI is InChI=1S/C27H29N5O2/c1-18-13-22(32-11-4-5-24(32)33)15-23-25(18)28-17-29-26(23)31-12-8-19-6-7-20(14-21(19)16-31)27(34)30-9-2-3-10-30/h6-7,13-15,17H,2-5,8-12,16H2,1H3. The number of rotatable bonds is 3. The zero-order valence-electron chi connectivity index (χ0n) is 19.6. The molecule has 0 atom stereocenters. The van der Waals surface area contributed by atoms with E-state index < -0.39 is 0 Å². The second-order valence-electron chi connectivity index (χ2n) is 9.66. The van der Waals surface area contributed by atoms with Gasteiger partial charge in [0.05, 0.1) is 5.52 Å². The second-order valence-corrected chi connectivity index (χ2v) is 9.66. The molecule has 3 aliphatic rings. The summed E-state index contributed by atoms with van der Waals surface area (Å²) in [6, 6.07) is 10.3. The molecule has 174 valence electrons. The van der Waals surface area contributed by atoms with E-state index in [0.29, 0.717) is 13.0 Å². The predicted molar refractivity (Wildman–Crippen MR) is 132 cm³/mol. The molecule has 6 rings (SSSR count). The van der Waals surface area contributed by atoms with E-state index in [9.17, 15) is 9.59 Å². The first-order chi connectivity index (χ1) is 16.6. The van der Waals surface area contributed by atoms with Crippen LogP contribution in [0.1, 0.15) is 52.7 Å². The van der Waals surface area contributed by atoms with Gasteiger partial charge in [-0.15, -0.1) is 0 Å². The van der Waals surface area contributed by atoms with Crippen molar-refractivity contribution in [3.63, 3.8) is 0 Å². The van der Waals surface area contributed by atoms with Crippen LogP contribution in [0.4, 0.5) is 11.5 Å². The lowest BCUT2D eigenvalue weighted by Gasteiger charge is -2.31. The Morgan fingerprint density at radius 1 is 0.912 bits per heavy atom. The average Bonchev–Trinajstić information content (AvgIpc) is 3.55. The van der Waals surface area contributed by atoms with Crippen LogP contribution in [0.3, 0.4) is 0 Å². The summed E-state index contributed by atoms with van der Waals surface area (Å²) < 4.78 is 0. The van der Waals surface area contributed by atoms with Crippen molar-refractivity contribution < 1.29 is 9.59 Å². The van der Waals surface area contributed by atoms with Crippen molar-refractivity contribution in [2.45, 2.75) is 45.6 Å². The Morgan fingerprint density at radius 3 is 2.56 bits per heavy atom. The fourth-order valence-corrected chi connectivity index (χ4v) is 5.62. The molecular weight excluding hydrogens is 426 g/mol. The van der Waals surface area contributed by atoms with Crippen LogP contribution in [0.15, 0.2) is 36.7 Å². The van der Waals surface area contributed by atoms with Gasteiger partial charge in [0, 0.05) is 55.8 Å². The zero-order chi connectivity index (χ0) is 23.2. The lowest BCUT2D eigenvalue weighted by Crippen LogP contribution is -2.32. The van der Waals surface area contributed by atoms with Gasteiger partial charge in [-0.25, -0.2) is 9.97 Å². The number of fused-ring (bicyclic) bond motifs is 2. The number of benzene rings is 2. The van der Waals surface area contributed by atoms with Crippen molar-refractivity contribution in [2.24, 2.45) is 0 Å². The van der Waals surface area contributed by atoms with Crippen LogP contribution >= 0.6 is 0 Å². The highest BCUT2D eigenvalue weighted by molar-refractivity contribution is 6.00. The summed E-state index contributed by atoms with van der Waals surface area (Å²) >= 11 is 0. The largest absolute Gasteiger partial charge is 0.351 e. The molecule has 7 heteroatoms. The lowest BCUT2D eigenvalue weighted by molar-refractivity contribution is -0.117. The highest BCUT2D eigenvalue weighted by Gasteiger charge is 2.26. The summed E-state index contributed by atoms with van der Waals surface area (Å²) in [4.78, 5) is 40.7. The second kappa shape index (κ2) is 8.38. The summed E-state index contributed by atoms with van der Waals surface area (Å²) in [5.41, 5.74) is 6.16. The van der Waals surface area contributed by atoms with E-state index in [1.807, 2.05) is 22.8 Å². The Morgan fingerprint density at radius 2 is 1.76 bits per heavy atom. The first-order valence-corrected chi connectivity index (χ1v) is 12.3. The van der Waals surface area contributed by atoms with Gasteiger partial charge in [0.15, 0.2) is 0 Å². The number of hydrogen-bond donors (Lipinski definition) is 0. The van der Waals surface area contributed by atoms with Gasteiger partial charge < -0.3 is 14.7 Å². The third kappa shape index (κ3) is 3.59. The Balaban J connectivity index is 1.35. The van der Waals surface area contributed by atoms with E-state index in [2.05, 4.69) is 39.1 Å². The Kier molecular flexibility index (Phi) is 5.20. The van der Waals surface area contributed by atoms with Crippen molar-refractivity contribution >= 4 is 34.2 Å². The number of hydrogen-bond acceptors (Lipinski definition) is 5. The first kappa shape index (κ1) is 21.1.